The summed E-state index contributed by atoms with van der Waals surface area (Å²) in [5.41, 5.74) is 4.06. The van der Waals surface area contributed by atoms with Crippen LogP contribution in [0.5, 0.6) is 0 Å². The Balaban J connectivity index is 1.66. The number of aromatic nitrogens is 6. The predicted molar refractivity (Wildman–Crippen MR) is 109 cm³/mol. The highest BCUT2D eigenvalue weighted by molar-refractivity contribution is 9.10. The highest BCUT2D eigenvalue weighted by atomic mass is 79.9. The summed E-state index contributed by atoms with van der Waals surface area (Å²) in [4.78, 5) is 23.2. The summed E-state index contributed by atoms with van der Waals surface area (Å²) in [7, 11) is 0. The number of anilines is 1. The van der Waals surface area contributed by atoms with Crippen molar-refractivity contribution in [1.82, 2.24) is 29.3 Å². The number of aromatic carboxylic acids is 1. The minimum Gasteiger partial charge on any atom is -0.476 e. The molecule has 3 aromatic heterocycles. The maximum absolute atomic E-state index is 12.4. The molecule has 0 unspecified atom stereocenters. The molecule has 3 rings (SSSR count). The van der Waals surface area contributed by atoms with Crippen LogP contribution in [0.3, 0.4) is 0 Å². The molecule has 0 saturated heterocycles. The van der Waals surface area contributed by atoms with Gasteiger partial charge in [-0.05, 0) is 49.7 Å². The average molecular weight is 464 g/mol. The quantitative estimate of drug-likeness (QED) is 0.555. The third kappa shape index (κ3) is 4.39. The van der Waals surface area contributed by atoms with Crippen molar-refractivity contribution in [3.8, 4) is 0 Å². The largest absolute Gasteiger partial charge is 0.476 e. The zero-order chi connectivity index (χ0) is 21.3. The molecule has 2 N–H and O–H groups in total. The molecular weight excluding hydrogens is 442 g/mol. The molecule has 0 atom stereocenters. The van der Waals surface area contributed by atoms with E-state index in [-0.39, 0.29) is 24.6 Å². The van der Waals surface area contributed by atoms with Gasteiger partial charge in [-0.2, -0.15) is 15.3 Å². The van der Waals surface area contributed by atoms with Crippen LogP contribution in [0, 0.1) is 27.7 Å². The topological polar surface area (TPSA) is 120 Å². The summed E-state index contributed by atoms with van der Waals surface area (Å²) in [6, 6.07) is 1.40. The van der Waals surface area contributed by atoms with Gasteiger partial charge in [-0.1, -0.05) is 0 Å². The van der Waals surface area contributed by atoms with E-state index in [1.165, 1.54) is 16.9 Å². The smallest absolute Gasteiger partial charge is 0.356 e. The second-order valence-electron chi connectivity index (χ2n) is 6.74. The molecule has 0 fully saturated rings. The highest BCUT2D eigenvalue weighted by Crippen LogP contribution is 2.22. The van der Waals surface area contributed by atoms with Gasteiger partial charge in [0.1, 0.15) is 6.67 Å². The summed E-state index contributed by atoms with van der Waals surface area (Å²) in [5, 5.41) is 24.7. The van der Waals surface area contributed by atoms with E-state index < -0.39 is 5.97 Å². The molecule has 11 heteroatoms. The van der Waals surface area contributed by atoms with E-state index in [4.69, 9.17) is 5.11 Å². The average Bonchev–Trinajstić information content (AvgIpc) is 3.31. The first-order valence-electron chi connectivity index (χ1n) is 8.97. The van der Waals surface area contributed by atoms with E-state index in [0.717, 1.165) is 21.6 Å². The normalized spacial score (nSPS) is 11.1. The van der Waals surface area contributed by atoms with Crippen molar-refractivity contribution < 1.29 is 14.7 Å². The van der Waals surface area contributed by atoms with Crippen molar-refractivity contribution in [1.29, 1.82) is 0 Å². The molecule has 0 aliphatic rings. The minimum atomic E-state index is -1.10. The van der Waals surface area contributed by atoms with E-state index in [0.29, 0.717) is 18.1 Å². The molecule has 3 aromatic rings. The van der Waals surface area contributed by atoms with Gasteiger partial charge in [0.2, 0.25) is 5.91 Å². The minimum absolute atomic E-state index is 0.0471. The van der Waals surface area contributed by atoms with Crippen LogP contribution in [0.1, 0.15) is 39.7 Å². The number of carbonyl (C=O) groups excluding carboxylic acids is 1. The standard InChI is InChI=1S/C18H22BrN7O3/c1-10-16(19)12(3)25(21-10)9-26-13(4)17(11(2)22-26)20-15(27)6-8-24-7-5-14(23-24)18(28)29/h5,7H,6,8-9H2,1-4H3,(H,20,27)(H,28,29). The molecule has 0 saturated carbocycles. The number of hydrogen-bond acceptors (Lipinski definition) is 5. The third-order valence-corrected chi connectivity index (χ3v) is 5.78. The number of carboxylic acids is 1. The molecule has 3 heterocycles. The van der Waals surface area contributed by atoms with Crippen LogP contribution in [0.4, 0.5) is 5.69 Å². The van der Waals surface area contributed by atoms with Crippen LogP contribution in [0.25, 0.3) is 0 Å². The van der Waals surface area contributed by atoms with E-state index in [9.17, 15) is 9.59 Å². The van der Waals surface area contributed by atoms with Crippen molar-refractivity contribution >= 4 is 33.5 Å². The highest BCUT2D eigenvalue weighted by Gasteiger charge is 2.17. The zero-order valence-corrected chi connectivity index (χ0v) is 18.2. The van der Waals surface area contributed by atoms with Crippen LogP contribution in [-0.2, 0) is 18.0 Å². The summed E-state index contributed by atoms with van der Waals surface area (Å²) < 4.78 is 6.05. The summed E-state index contributed by atoms with van der Waals surface area (Å²) in [6.45, 7) is 8.35. The Morgan fingerprint density at radius 1 is 1.07 bits per heavy atom. The molecule has 0 bridgehead atoms. The van der Waals surface area contributed by atoms with Crippen LogP contribution < -0.4 is 5.32 Å². The molecule has 1 amide bonds. The molecule has 0 aromatic carbocycles. The fourth-order valence-electron chi connectivity index (χ4n) is 2.97. The first-order valence-corrected chi connectivity index (χ1v) is 9.76. The fraction of sp³-hybridized carbons (Fsp3) is 0.389. The maximum Gasteiger partial charge on any atom is 0.356 e. The molecule has 154 valence electrons. The number of nitrogens with one attached hydrogen (secondary N) is 1. The van der Waals surface area contributed by atoms with Gasteiger partial charge in [0, 0.05) is 19.2 Å². The van der Waals surface area contributed by atoms with Crippen molar-refractivity contribution in [2.75, 3.05) is 5.32 Å². The molecule has 0 spiro atoms. The first kappa shape index (κ1) is 20.8. The first-order chi connectivity index (χ1) is 13.7. The van der Waals surface area contributed by atoms with Gasteiger partial charge in [0.05, 0.1) is 32.9 Å². The van der Waals surface area contributed by atoms with Gasteiger partial charge < -0.3 is 10.4 Å². The Bertz CT molecular complexity index is 1080. The number of carbonyl (C=O) groups is 2. The lowest BCUT2D eigenvalue weighted by molar-refractivity contribution is -0.116. The summed E-state index contributed by atoms with van der Waals surface area (Å²) in [6.07, 6.45) is 1.70. The summed E-state index contributed by atoms with van der Waals surface area (Å²) >= 11 is 3.52. The van der Waals surface area contributed by atoms with Gasteiger partial charge in [0.25, 0.3) is 0 Å². The van der Waals surface area contributed by atoms with E-state index in [1.807, 2.05) is 32.4 Å². The van der Waals surface area contributed by atoms with Crippen molar-refractivity contribution in [2.24, 2.45) is 0 Å². The number of aryl methyl sites for hydroxylation is 3. The molecule has 0 aliphatic carbocycles. The second-order valence-corrected chi connectivity index (χ2v) is 7.53. The Hall–Kier alpha value is -2.95. The van der Waals surface area contributed by atoms with Crippen molar-refractivity contribution in [3.63, 3.8) is 0 Å². The van der Waals surface area contributed by atoms with Crippen LogP contribution in [0.15, 0.2) is 16.7 Å². The SMILES string of the molecule is Cc1nn(Cn2nc(C)c(NC(=O)CCn3ccc(C(=O)O)n3)c2C)c(C)c1Br. The second kappa shape index (κ2) is 8.19. The molecule has 0 aliphatic heterocycles. The Morgan fingerprint density at radius 3 is 2.31 bits per heavy atom. The zero-order valence-electron chi connectivity index (χ0n) is 16.6. The van der Waals surface area contributed by atoms with Gasteiger partial charge in [-0.15, -0.1) is 0 Å². The van der Waals surface area contributed by atoms with E-state index >= 15 is 0 Å². The lowest BCUT2D eigenvalue weighted by Crippen LogP contribution is -2.17. The van der Waals surface area contributed by atoms with Crippen LogP contribution in [-0.4, -0.2) is 46.3 Å². The predicted octanol–water partition coefficient (Wildman–Crippen LogP) is 2.51. The monoisotopic (exact) mass is 463 g/mol. The number of rotatable bonds is 7. The van der Waals surface area contributed by atoms with Gasteiger partial charge >= 0.3 is 5.97 Å². The summed E-state index contributed by atoms with van der Waals surface area (Å²) in [5.74, 6) is -1.29. The Kier molecular flexibility index (Phi) is 5.87. The Labute approximate surface area is 175 Å². The molecule has 0 radical (unpaired) electrons. The van der Waals surface area contributed by atoms with Crippen LogP contribution >= 0.6 is 15.9 Å². The van der Waals surface area contributed by atoms with Crippen molar-refractivity contribution in [3.05, 3.63) is 45.2 Å². The third-order valence-electron chi connectivity index (χ3n) is 4.63. The molecule has 29 heavy (non-hydrogen) atoms. The molecule has 10 nitrogen and oxygen atoms in total. The van der Waals surface area contributed by atoms with Gasteiger partial charge in [0.15, 0.2) is 5.69 Å². The number of amides is 1. The van der Waals surface area contributed by atoms with E-state index in [1.54, 1.807) is 4.68 Å². The number of nitrogens with zero attached hydrogens (tertiary/aromatic N) is 6. The number of carboxylic acid groups (broad SMARTS) is 1. The fourth-order valence-corrected chi connectivity index (χ4v) is 3.26. The lowest BCUT2D eigenvalue weighted by Gasteiger charge is -2.09. The van der Waals surface area contributed by atoms with Gasteiger partial charge in [-0.3, -0.25) is 9.48 Å². The van der Waals surface area contributed by atoms with Gasteiger partial charge in [-0.25, -0.2) is 14.2 Å². The molecular formula is C18H22BrN7O3. The number of halogens is 1. The Morgan fingerprint density at radius 2 is 1.72 bits per heavy atom. The lowest BCUT2D eigenvalue weighted by atomic mass is 10.3. The van der Waals surface area contributed by atoms with Crippen LogP contribution in [0.2, 0.25) is 0 Å². The number of hydrogen-bond donors (Lipinski definition) is 2. The van der Waals surface area contributed by atoms with Crippen molar-refractivity contribution in [2.45, 2.75) is 47.3 Å². The maximum atomic E-state index is 12.4. The van der Waals surface area contributed by atoms with E-state index in [2.05, 4.69) is 36.5 Å².